The van der Waals surface area contributed by atoms with E-state index in [2.05, 4.69) is 4.98 Å². The fraction of sp³-hybridized carbons (Fsp3) is 0.0625. The molecule has 0 amide bonds. The van der Waals surface area contributed by atoms with Crippen molar-refractivity contribution in [3.8, 4) is 5.75 Å². The number of rotatable bonds is 0. The molecule has 1 heterocycles. The SMILES string of the molecule is Cc1ccc(N)cc1.Oc1cccc2cccnc12. The van der Waals surface area contributed by atoms with Gasteiger partial charge in [0.1, 0.15) is 11.3 Å². The number of hydrogen-bond acceptors (Lipinski definition) is 3. The van der Waals surface area contributed by atoms with Crippen molar-refractivity contribution >= 4 is 16.6 Å². The van der Waals surface area contributed by atoms with Gasteiger partial charge in [-0.1, -0.05) is 35.9 Å². The van der Waals surface area contributed by atoms with Crippen molar-refractivity contribution in [1.29, 1.82) is 0 Å². The smallest absolute Gasteiger partial charge is 0.141 e. The van der Waals surface area contributed by atoms with Gasteiger partial charge >= 0.3 is 0 Å². The van der Waals surface area contributed by atoms with Gasteiger partial charge in [0.25, 0.3) is 0 Å². The minimum Gasteiger partial charge on any atom is -0.506 e. The average Bonchev–Trinajstić information content (AvgIpc) is 2.44. The molecule has 3 aromatic rings. The van der Waals surface area contributed by atoms with Crippen LogP contribution in [0.4, 0.5) is 5.69 Å². The number of nitrogens with zero attached hydrogens (tertiary/aromatic N) is 1. The van der Waals surface area contributed by atoms with E-state index < -0.39 is 0 Å². The van der Waals surface area contributed by atoms with Crippen LogP contribution in [0.1, 0.15) is 5.56 Å². The first-order valence-corrected chi connectivity index (χ1v) is 6.01. The predicted octanol–water partition coefficient (Wildman–Crippen LogP) is 3.52. The average molecular weight is 252 g/mol. The molecule has 0 atom stereocenters. The summed E-state index contributed by atoms with van der Waals surface area (Å²) in [6, 6.07) is 16.9. The molecule has 96 valence electrons. The summed E-state index contributed by atoms with van der Waals surface area (Å²) >= 11 is 0. The van der Waals surface area contributed by atoms with Crippen LogP contribution in [0.25, 0.3) is 10.9 Å². The highest BCUT2D eigenvalue weighted by molar-refractivity contribution is 5.83. The van der Waals surface area contributed by atoms with Gasteiger partial charge < -0.3 is 10.8 Å². The molecule has 0 bridgehead atoms. The Morgan fingerprint density at radius 1 is 0.947 bits per heavy atom. The number of fused-ring (bicyclic) bond motifs is 1. The standard InChI is InChI=1S/C9H7NO.C7H9N/c11-8-5-1-3-7-4-2-6-10-9(7)8;1-6-2-4-7(8)5-3-6/h1-6,11H;2-5H,8H2,1H3. The van der Waals surface area contributed by atoms with E-state index in [1.807, 2.05) is 49.4 Å². The van der Waals surface area contributed by atoms with Crippen molar-refractivity contribution in [3.05, 3.63) is 66.4 Å². The Balaban J connectivity index is 0.000000148. The molecule has 0 aliphatic carbocycles. The molecule has 0 spiro atoms. The van der Waals surface area contributed by atoms with Gasteiger partial charge in [-0.05, 0) is 31.2 Å². The number of nitrogen functional groups attached to an aromatic ring is 1. The van der Waals surface area contributed by atoms with Crippen LogP contribution >= 0.6 is 0 Å². The van der Waals surface area contributed by atoms with E-state index in [4.69, 9.17) is 5.73 Å². The van der Waals surface area contributed by atoms with E-state index in [9.17, 15) is 5.11 Å². The molecule has 19 heavy (non-hydrogen) atoms. The number of benzene rings is 2. The summed E-state index contributed by atoms with van der Waals surface area (Å²) in [6.45, 7) is 2.04. The van der Waals surface area contributed by atoms with Crippen LogP contribution in [0, 0.1) is 6.92 Å². The molecule has 3 N–H and O–H groups in total. The second-order valence-corrected chi connectivity index (χ2v) is 4.26. The highest BCUT2D eigenvalue weighted by atomic mass is 16.3. The number of para-hydroxylation sites is 1. The van der Waals surface area contributed by atoms with Gasteiger partial charge in [-0.25, -0.2) is 0 Å². The molecular formula is C16H16N2O. The number of aromatic hydroxyl groups is 1. The maximum atomic E-state index is 9.31. The molecule has 0 fully saturated rings. The minimum atomic E-state index is 0.239. The summed E-state index contributed by atoms with van der Waals surface area (Å²) < 4.78 is 0. The van der Waals surface area contributed by atoms with Gasteiger partial charge in [0, 0.05) is 17.3 Å². The minimum absolute atomic E-state index is 0.239. The van der Waals surface area contributed by atoms with Crippen molar-refractivity contribution in [3.63, 3.8) is 0 Å². The number of aromatic nitrogens is 1. The molecule has 3 nitrogen and oxygen atoms in total. The quantitative estimate of drug-likeness (QED) is 0.602. The molecule has 0 aliphatic rings. The van der Waals surface area contributed by atoms with Crippen molar-refractivity contribution in [1.82, 2.24) is 4.98 Å². The van der Waals surface area contributed by atoms with E-state index in [0.717, 1.165) is 11.1 Å². The molecule has 0 radical (unpaired) electrons. The number of nitrogens with two attached hydrogens (primary N) is 1. The molecule has 3 heteroatoms. The van der Waals surface area contributed by atoms with Gasteiger partial charge in [0.2, 0.25) is 0 Å². The van der Waals surface area contributed by atoms with Crippen LogP contribution in [0.3, 0.4) is 0 Å². The number of pyridine rings is 1. The van der Waals surface area contributed by atoms with Crippen LogP contribution in [-0.2, 0) is 0 Å². The summed E-state index contributed by atoms with van der Waals surface area (Å²) in [5, 5.41) is 10.3. The van der Waals surface area contributed by atoms with Gasteiger partial charge in [0.05, 0.1) is 0 Å². The second kappa shape index (κ2) is 5.87. The molecule has 3 rings (SSSR count). The fourth-order valence-corrected chi connectivity index (χ4v) is 1.65. The zero-order valence-electron chi connectivity index (χ0n) is 10.7. The normalized spacial score (nSPS) is 9.74. The van der Waals surface area contributed by atoms with E-state index in [0.29, 0.717) is 5.52 Å². The third-order valence-corrected chi connectivity index (χ3v) is 2.69. The Morgan fingerprint density at radius 2 is 1.63 bits per heavy atom. The van der Waals surface area contributed by atoms with Crippen molar-refractivity contribution in [2.24, 2.45) is 0 Å². The number of phenols is 1. The van der Waals surface area contributed by atoms with Gasteiger partial charge in [-0.2, -0.15) is 0 Å². The summed E-state index contributed by atoms with van der Waals surface area (Å²) in [7, 11) is 0. The van der Waals surface area contributed by atoms with Crippen molar-refractivity contribution < 1.29 is 5.11 Å². The summed E-state index contributed by atoms with van der Waals surface area (Å²) in [6.07, 6.45) is 1.67. The maximum absolute atomic E-state index is 9.31. The lowest BCUT2D eigenvalue weighted by atomic mass is 10.2. The second-order valence-electron chi connectivity index (χ2n) is 4.26. The number of anilines is 1. The summed E-state index contributed by atoms with van der Waals surface area (Å²) in [5.41, 5.74) is 8.17. The van der Waals surface area contributed by atoms with Gasteiger partial charge in [-0.15, -0.1) is 0 Å². The molecule has 2 aromatic carbocycles. The van der Waals surface area contributed by atoms with Crippen molar-refractivity contribution in [2.45, 2.75) is 6.92 Å². The van der Waals surface area contributed by atoms with Crippen LogP contribution in [0.5, 0.6) is 5.75 Å². The van der Waals surface area contributed by atoms with E-state index in [-0.39, 0.29) is 5.75 Å². The fourth-order valence-electron chi connectivity index (χ4n) is 1.65. The molecule has 0 unspecified atom stereocenters. The molecular weight excluding hydrogens is 236 g/mol. The third-order valence-electron chi connectivity index (χ3n) is 2.69. The van der Waals surface area contributed by atoms with Crippen molar-refractivity contribution in [2.75, 3.05) is 5.73 Å². The van der Waals surface area contributed by atoms with E-state index in [1.165, 1.54) is 5.56 Å². The monoisotopic (exact) mass is 252 g/mol. The number of phenolic OH excluding ortho intramolecular Hbond substituents is 1. The van der Waals surface area contributed by atoms with Gasteiger partial charge in [0.15, 0.2) is 0 Å². The van der Waals surface area contributed by atoms with Crippen LogP contribution in [0.15, 0.2) is 60.8 Å². The maximum Gasteiger partial charge on any atom is 0.141 e. The first kappa shape index (κ1) is 12.9. The summed E-state index contributed by atoms with van der Waals surface area (Å²) in [4.78, 5) is 4.03. The topological polar surface area (TPSA) is 59.1 Å². The number of aryl methyl sites for hydroxylation is 1. The lowest BCUT2D eigenvalue weighted by molar-refractivity contribution is 0.480. The summed E-state index contributed by atoms with van der Waals surface area (Å²) in [5.74, 6) is 0.239. The highest BCUT2D eigenvalue weighted by Crippen LogP contribution is 2.20. The third kappa shape index (κ3) is 3.45. The zero-order valence-corrected chi connectivity index (χ0v) is 10.7. The molecule has 0 aliphatic heterocycles. The van der Waals surface area contributed by atoms with E-state index >= 15 is 0 Å². The van der Waals surface area contributed by atoms with Crippen LogP contribution in [-0.4, -0.2) is 10.1 Å². The van der Waals surface area contributed by atoms with E-state index in [1.54, 1.807) is 18.3 Å². The molecule has 1 aromatic heterocycles. The largest absolute Gasteiger partial charge is 0.506 e. The molecule has 0 saturated heterocycles. The Morgan fingerprint density at radius 3 is 2.26 bits per heavy atom. The zero-order chi connectivity index (χ0) is 13.7. The van der Waals surface area contributed by atoms with Crippen LogP contribution < -0.4 is 5.73 Å². The van der Waals surface area contributed by atoms with Gasteiger partial charge in [-0.3, -0.25) is 4.98 Å². The number of hydrogen-bond donors (Lipinski definition) is 2. The Bertz CT molecular complexity index is 637. The first-order chi connectivity index (χ1) is 9.16. The first-order valence-electron chi connectivity index (χ1n) is 6.01. The predicted molar refractivity (Wildman–Crippen MR) is 79.0 cm³/mol. The lowest BCUT2D eigenvalue weighted by Gasteiger charge is -1.96. The highest BCUT2D eigenvalue weighted by Gasteiger charge is 1.96. The Hall–Kier alpha value is -2.55. The Kier molecular flexibility index (Phi) is 3.98. The Labute approximate surface area is 112 Å². The van der Waals surface area contributed by atoms with Crippen LogP contribution in [0.2, 0.25) is 0 Å². The molecule has 0 saturated carbocycles. The lowest BCUT2D eigenvalue weighted by Crippen LogP contribution is -1.81.